The second kappa shape index (κ2) is 9.33. The van der Waals surface area contributed by atoms with Crippen molar-refractivity contribution in [2.24, 2.45) is 0 Å². The van der Waals surface area contributed by atoms with Crippen LogP contribution in [-0.2, 0) is 6.54 Å². The van der Waals surface area contributed by atoms with Gasteiger partial charge in [-0.3, -0.25) is 9.47 Å². The molecule has 2 aromatic heterocycles. The number of rotatable bonds is 8. The number of hydrogen-bond donors (Lipinski definition) is 3. The molecule has 33 heavy (non-hydrogen) atoms. The molecule has 0 radical (unpaired) electrons. The quantitative estimate of drug-likeness (QED) is 0.357. The number of aromatic amines is 1. The number of nitrogens with one attached hydrogen (secondary N) is 2. The lowest BCUT2D eigenvalue weighted by Gasteiger charge is -2.15. The van der Waals surface area contributed by atoms with Crippen LogP contribution in [0.15, 0.2) is 59.5 Å². The van der Waals surface area contributed by atoms with Crippen molar-refractivity contribution >= 4 is 28.5 Å². The number of imidazole rings is 1. The Morgan fingerprint density at radius 3 is 2.67 bits per heavy atom. The topological polar surface area (TPSA) is 114 Å². The van der Waals surface area contributed by atoms with E-state index >= 15 is 0 Å². The number of anilines is 3. The van der Waals surface area contributed by atoms with Gasteiger partial charge in [0.25, 0.3) is 0 Å². The molecule has 1 fully saturated rings. The van der Waals surface area contributed by atoms with Crippen molar-refractivity contribution in [3.63, 3.8) is 0 Å². The summed E-state index contributed by atoms with van der Waals surface area (Å²) in [4.78, 5) is 26.6. The number of likely N-dealkylation sites (tertiary alicyclic amines) is 1. The summed E-state index contributed by atoms with van der Waals surface area (Å²) in [6, 6.07) is 15.2. The van der Waals surface area contributed by atoms with E-state index in [1.807, 2.05) is 48.5 Å². The van der Waals surface area contributed by atoms with Gasteiger partial charge in [-0.25, -0.2) is 9.78 Å². The van der Waals surface area contributed by atoms with Crippen LogP contribution in [0.3, 0.4) is 0 Å². The Balaban J connectivity index is 1.28. The van der Waals surface area contributed by atoms with Crippen LogP contribution in [0, 0.1) is 0 Å². The van der Waals surface area contributed by atoms with E-state index in [2.05, 4.69) is 25.2 Å². The Morgan fingerprint density at radius 1 is 1.09 bits per heavy atom. The van der Waals surface area contributed by atoms with Gasteiger partial charge in [0.1, 0.15) is 17.9 Å². The fourth-order valence-corrected chi connectivity index (χ4v) is 4.06. The second-order valence-corrected chi connectivity index (χ2v) is 8.19. The zero-order chi connectivity index (χ0) is 22.6. The summed E-state index contributed by atoms with van der Waals surface area (Å²) in [5.74, 6) is 1.23. The minimum atomic E-state index is -0.255. The normalized spacial score (nSPS) is 14.1. The predicted octanol–water partition coefficient (Wildman–Crippen LogP) is 2.97. The summed E-state index contributed by atoms with van der Waals surface area (Å²) in [6.07, 6.45) is 4.17. The summed E-state index contributed by atoms with van der Waals surface area (Å²) in [5.41, 5.74) is 9.21. The smallest absolute Gasteiger partial charge is 0.328 e. The van der Waals surface area contributed by atoms with Crippen molar-refractivity contribution in [1.29, 1.82) is 0 Å². The van der Waals surface area contributed by atoms with Crippen LogP contribution in [0.2, 0.25) is 0 Å². The molecule has 0 saturated carbocycles. The zero-order valence-corrected chi connectivity index (χ0v) is 18.3. The number of benzene rings is 2. The summed E-state index contributed by atoms with van der Waals surface area (Å²) >= 11 is 0. The third-order valence-corrected chi connectivity index (χ3v) is 5.88. The van der Waals surface area contributed by atoms with Crippen LogP contribution in [0.1, 0.15) is 18.4 Å². The number of H-pyrrole nitrogens is 1. The van der Waals surface area contributed by atoms with Gasteiger partial charge in [0.2, 0.25) is 5.95 Å². The van der Waals surface area contributed by atoms with Gasteiger partial charge in [0.15, 0.2) is 5.65 Å². The Morgan fingerprint density at radius 2 is 1.88 bits per heavy atom. The third-order valence-electron chi connectivity index (χ3n) is 5.88. The summed E-state index contributed by atoms with van der Waals surface area (Å²) in [7, 11) is 0. The molecule has 0 bridgehead atoms. The molecule has 0 aliphatic carbocycles. The van der Waals surface area contributed by atoms with Gasteiger partial charge >= 0.3 is 5.69 Å². The van der Waals surface area contributed by atoms with E-state index in [9.17, 15) is 4.79 Å². The van der Waals surface area contributed by atoms with Gasteiger partial charge in [0.05, 0.1) is 12.7 Å². The SMILES string of the molecule is Nc1ccccc1Cn1c(=O)[nH]c2cnc(Nc3ccc(OCCN4CCCC4)cc3)nc21. The van der Waals surface area contributed by atoms with Crippen molar-refractivity contribution in [3.05, 3.63) is 70.8 Å². The molecule has 3 heterocycles. The Kier molecular flexibility index (Phi) is 5.95. The number of nitrogens with zero attached hydrogens (tertiary/aromatic N) is 4. The molecule has 170 valence electrons. The summed E-state index contributed by atoms with van der Waals surface area (Å²) < 4.78 is 7.42. The lowest BCUT2D eigenvalue weighted by Crippen LogP contribution is -2.25. The van der Waals surface area contributed by atoms with Crippen molar-refractivity contribution in [3.8, 4) is 5.75 Å². The first-order chi connectivity index (χ1) is 16.2. The standard InChI is InChI=1S/C24H27N7O2/c25-20-6-2-1-5-17(20)16-31-22-21(28-24(31)32)15-26-23(29-22)27-18-7-9-19(10-8-18)33-14-13-30-11-3-4-12-30/h1-2,5-10,15H,3-4,11-14,16,25H2,(H,28,32)(H,26,27,29). The number of fused-ring (bicyclic) bond motifs is 1. The largest absolute Gasteiger partial charge is 0.492 e. The van der Waals surface area contributed by atoms with Crippen LogP contribution in [0.5, 0.6) is 5.75 Å². The minimum absolute atomic E-state index is 0.255. The van der Waals surface area contributed by atoms with Crippen LogP contribution in [-0.4, -0.2) is 50.7 Å². The minimum Gasteiger partial charge on any atom is -0.492 e. The number of aromatic nitrogens is 4. The molecule has 5 rings (SSSR count). The molecule has 4 N–H and O–H groups in total. The summed E-state index contributed by atoms with van der Waals surface area (Å²) in [5, 5.41) is 3.20. The van der Waals surface area contributed by atoms with Crippen LogP contribution in [0.25, 0.3) is 11.2 Å². The highest BCUT2D eigenvalue weighted by Gasteiger charge is 2.13. The first-order valence-corrected chi connectivity index (χ1v) is 11.2. The van der Waals surface area contributed by atoms with E-state index in [0.717, 1.165) is 23.5 Å². The first-order valence-electron chi connectivity index (χ1n) is 11.2. The second-order valence-electron chi connectivity index (χ2n) is 8.19. The maximum Gasteiger partial charge on any atom is 0.328 e. The molecule has 1 aliphatic rings. The molecule has 0 unspecified atom stereocenters. The van der Waals surface area contributed by atoms with Crippen LogP contribution >= 0.6 is 0 Å². The van der Waals surface area contributed by atoms with Crippen molar-refractivity contribution < 1.29 is 4.74 Å². The fraction of sp³-hybridized carbons (Fsp3) is 0.292. The van der Waals surface area contributed by atoms with Gasteiger partial charge in [-0.15, -0.1) is 0 Å². The molecule has 9 nitrogen and oxygen atoms in total. The molecular weight excluding hydrogens is 418 g/mol. The number of para-hydroxylation sites is 1. The van der Waals surface area contributed by atoms with E-state index < -0.39 is 0 Å². The lowest BCUT2D eigenvalue weighted by atomic mass is 10.2. The van der Waals surface area contributed by atoms with E-state index in [-0.39, 0.29) is 5.69 Å². The molecule has 4 aromatic rings. The Hall–Kier alpha value is -3.85. The maximum absolute atomic E-state index is 12.5. The fourth-order valence-electron chi connectivity index (χ4n) is 4.06. The molecule has 0 amide bonds. The maximum atomic E-state index is 12.5. The molecular formula is C24H27N7O2. The van der Waals surface area contributed by atoms with Gasteiger partial charge in [-0.2, -0.15) is 4.98 Å². The predicted molar refractivity (Wildman–Crippen MR) is 129 cm³/mol. The van der Waals surface area contributed by atoms with Gasteiger partial charge < -0.3 is 20.8 Å². The number of nitrogen functional groups attached to an aromatic ring is 1. The van der Waals surface area contributed by atoms with E-state index in [0.29, 0.717) is 36.0 Å². The number of hydrogen-bond acceptors (Lipinski definition) is 7. The average Bonchev–Trinajstić information content (AvgIpc) is 3.44. The van der Waals surface area contributed by atoms with Gasteiger partial charge in [-0.1, -0.05) is 18.2 Å². The van der Waals surface area contributed by atoms with E-state index in [1.165, 1.54) is 25.9 Å². The molecule has 0 atom stereocenters. The monoisotopic (exact) mass is 445 g/mol. The third kappa shape index (κ3) is 4.83. The van der Waals surface area contributed by atoms with Crippen LogP contribution in [0.4, 0.5) is 17.3 Å². The number of ether oxygens (including phenoxy) is 1. The van der Waals surface area contributed by atoms with Crippen molar-refractivity contribution in [2.45, 2.75) is 19.4 Å². The van der Waals surface area contributed by atoms with Crippen molar-refractivity contribution in [2.75, 3.05) is 37.3 Å². The average molecular weight is 446 g/mol. The molecule has 1 saturated heterocycles. The van der Waals surface area contributed by atoms with Gasteiger partial charge in [0, 0.05) is 17.9 Å². The number of nitrogens with two attached hydrogens (primary N) is 1. The molecule has 9 heteroatoms. The highest BCUT2D eigenvalue weighted by Crippen LogP contribution is 2.20. The Bertz CT molecular complexity index is 1290. The van der Waals surface area contributed by atoms with E-state index in [4.69, 9.17) is 10.5 Å². The Labute approximate surface area is 191 Å². The molecule has 0 spiro atoms. The molecule has 2 aromatic carbocycles. The van der Waals surface area contributed by atoms with E-state index in [1.54, 1.807) is 10.8 Å². The van der Waals surface area contributed by atoms with Gasteiger partial charge in [-0.05, 0) is 61.8 Å². The first kappa shape index (κ1) is 21.0. The van der Waals surface area contributed by atoms with Crippen molar-refractivity contribution in [1.82, 2.24) is 24.4 Å². The lowest BCUT2D eigenvalue weighted by molar-refractivity contribution is 0.238. The summed E-state index contributed by atoms with van der Waals surface area (Å²) in [6.45, 7) is 4.31. The zero-order valence-electron chi connectivity index (χ0n) is 18.3. The highest BCUT2D eigenvalue weighted by molar-refractivity contribution is 5.72. The molecule has 1 aliphatic heterocycles. The highest BCUT2D eigenvalue weighted by atomic mass is 16.5. The van der Waals surface area contributed by atoms with Crippen LogP contribution < -0.4 is 21.5 Å².